The summed E-state index contributed by atoms with van der Waals surface area (Å²) in [6, 6.07) is 10.6. The zero-order chi connectivity index (χ0) is 13.0. The first kappa shape index (κ1) is 12.7. The van der Waals surface area contributed by atoms with Gasteiger partial charge in [0.15, 0.2) is 5.82 Å². The first-order valence-corrected chi connectivity index (χ1v) is 5.97. The van der Waals surface area contributed by atoms with E-state index in [1.165, 1.54) is 5.56 Å². The minimum Gasteiger partial charge on any atom is -0.338 e. The van der Waals surface area contributed by atoms with Crippen LogP contribution in [0.2, 0.25) is 0 Å². The Kier molecular flexibility index (Phi) is 4.07. The number of nitrogens with zero attached hydrogens (tertiary/aromatic N) is 3. The van der Waals surface area contributed by atoms with E-state index in [4.69, 9.17) is 10.3 Å². The van der Waals surface area contributed by atoms with Crippen LogP contribution < -0.4 is 5.73 Å². The minimum absolute atomic E-state index is 0.283. The zero-order valence-electron chi connectivity index (χ0n) is 10.7. The normalized spacial score (nSPS) is 12.9. The number of hydrogen-bond donors (Lipinski definition) is 1. The number of nitrogens with two attached hydrogens (primary N) is 1. The average Bonchev–Trinajstić information content (AvgIpc) is 2.86. The van der Waals surface area contributed by atoms with Gasteiger partial charge in [0.25, 0.3) is 0 Å². The molecule has 18 heavy (non-hydrogen) atoms. The lowest BCUT2D eigenvalue weighted by atomic mass is 10.1. The van der Waals surface area contributed by atoms with Gasteiger partial charge in [0, 0.05) is 6.04 Å². The summed E-state index contributed by atoms with van der Waals surface area (Å²) in [4.78, 5) is 6.37. The van der Waals surface area contributed by atoms with Crippen molar-refractivity contribution in [2.75, 3.05) is 7.05 Å². The van der Waals surface area contributed by atoms with Crippen LogP contribution in [0.25, 0.3) is 0 Å². The highest BCUT2D eigenvalue weighted by molar-refractivity contribution is 5.18. The molecular weight excluding hydrogens is 228 g/mol. The van der Waals surface area contributed by atoms with Crippen molar-refractivity contribution in [1.29, 1.82) is 0 Å². The van der Waals surface area contributed by atoms with Gasteiger partial charge in [0.2, 0.25) is 5.89 Å². The molecule has 1 atom stereocenters. The molecule has 0 aliphatic heterocycles. The fourth-order valence-electron chi connectivity index (χ4n) is 1.78. The third-order valence-corrected chi connectivity index (χ3v) is 3.02. The largest absolute Gasteiger partial charge is 0.338 e. The van der Waals surface area contributed by atoms with Crippen LogP contribution in [0.4, 0.5) is 0 Å². The van der Waals surface area contributed by atoms with Crippen LogP contribution in [-0.4, -0.2) is 22.1 Å². The Hall–Kier alpha value is -1.72. The molecule has 0 spiro atoms. The molecule has 5 nitrogen and oxygen atoms in total. The van der Waals surface area contributed by atoms with E-state index >= 15 is 0 Å². The molecule has 1 aromatic heterocycles. The van der Waals surface area contributed by atoms with Gasteiger partial charge in [-0.3, -0.25) is 4.90 Å². The van der Waals surface area contributed by atoms with Gasteiger partial charge >= 0.3 is 0 Å². The van der Waals surface area contributed by atoms with Crippen molar-refractivity contribution in [3.63, 3.8) is 0 Å². The van der Waals surface area contributed by atoms with Gasteiger partial charge in [0.1, 0.15) is 0 Å². The molecule has 0 fully saturated rings. The molecule has 2 aromatic rings. The van der Waals surface area contributed by atoms with Crippen molar-refractivity contribution < 1.29 is 4.52 Å². The molecule has 0 aliphatic carbocycles. The van der Waals surface area contributed by atoms with Crippen LogP contribution in [0.1, 0.15) is 30.2 Å². The predicted octanol–water partition coefficient (Wildman–Crippen LogP) is 1.72. The van der Waals surface area contributed by atoms with Crippen molar-refractivity contribution in [2.24, 2.45) is 5.73 Å². The highest BCUT2D eigenvalue weighted by atomic mass is 16.5. The van der Waals surface area contributed by atoms with Crippen molar-refractivity contribution in [3.05, 3.63) is 47.6 Å². The second-order valence-electron chi connectivity index (χ2n) is 4.31. The fraction of sp³-hybridized carbons (Fsp3) is 0.385. The van der Waals surface area contributed by atoms with E-state index in [-0.39, 0.29) is 6.54 Å². The Morgan fingerprint density at radius 3 is 2.67 bits per heavy atom. The number of benzene rings is 1. The Labute approximate surface area is 107 Å². The van der Waals surface area contributed by atoms with Gasteiger partial charge < -0.3 is 10.3 Å². The molecule has 0 saturated heterocycles. The summed E-state index contributed by atoms with van der Waals surface area (Å²) < 4.78 is 4.99. The monoisotopic (exact) mass is 246 g/mol. The molecule has 0 saturated carbocycles. The summed E-state index contributed by atoms with van der Waals surface area (Å²) in [5.41, 5.74) is 6.70. The molecule has 1 unspecified atom stereocenters. The predicted molar refractivity (Wildman–Crippen MR) is 68.5 cm³/mol. The number of rotatable bonds is 5. The van der Waals surface area contributed by atoms with Crippen LogP contribution in [-0.2, 0) is 13.1 Å². The van der Waals surface area contributed by atoms with E-state index in [1.807, 2.05) is 25.2 Å². The minimum atomic E-state index is 0.283. The van der Waals surface area contributed by atoms with E-state index in [1.54, 1.807) is 0 Å². The van der Waals surface area contributed by atoms with Gasteiger partial charge in [-0.05, 0) is 19.5 Å². The van der Waals surface area contributed by atoms with Crippen LogP contribution in [0.15, 0.2) is 34.9 Å². The first-order chi connectivity index (χ1) is 8.70. The highest BCUT2D eigenvalue weighted by Crippen LogP contribution is 2.19. The highest BCUT2D eigenvalue weighted by Gasteiger charge is 2.14. The Morgan fingerprint density at radius 2 is 2.06 bits per heavy atom. The van der Waals surface area contributed by atoms with Crippen LogP contribution in [0.5, 0.6) is 0 Å². The topological polar surface area (TPSA) is 68.2 Å². The maximum Gasteiger partial charge on any atom is 0.240 e. The molecule has 1 heterocycles. The van der Waals surface area contributed by atoms with Gasteiger partial charge in [0.05, 0.1) is 13.1 Å². The summed E-state index contributed by atoms with van der Waals surface area (Å²) >= 11 is 0. The van der Waals surface area contributed by atoms with E-state index in [2.05, 4.69) is 34.1 Å². The lowest BCUT2D eigenvalue weighted by molar-refractivity contribution is 0.242. The van der Waals surface area contributed by atoms with E-state index < -0.39 is 0 Å². The molecule has 96 valence electrons. The molecule has 0 bridgehead atoms. The molecular formula is C13H18N4O. The average molecular weight is 246 g/mol. The van der Waals surface area contributed by atoms with Gasteiger partial charge in [-0.1, -0.05) is 35.5 Å². The summed E-state index contributed by atoms with van der Waals surface area (Å²) in [5, 5.41) is 3.90. The van der Waals surface area contributed by atoms with Crippen molar-refractivity contribution in [2.45, 2.75) is 26.1 Å². The zero-order valence-corrected chi connectivity index (χ0v) is 10.7. The van der Waals surface area contributed by atoms with Crippen LogP contribution in [0.3, 0.4) is 0 Å². The lowest BCUT2D eigenvalue weighted by Gasteiger charge is -2.23. The Balaban J connectivity index is 2.01. The second-order valence-corrected chi connectivity index (χ2v) is 4.31. The molecule has 0 radical (unpaired) electrons. The van der Waals surface area contributed by atoms with Crippen molar-refractivity contribution in [3.8, 4) is 0 Å². The third kappa shape index (κ3) is 2.94. The van der Waals surface area contributed by atoms with Gasteiger partial charge in [-0.2, -0.15) is 4.98 Å². The quantitative estimate of drug-likeness (QED) is 0.870. The van der Waals surface area contributed by atoms with E-state index in [0.29, 0.717) is 24.3 Å². The van der Waals surface area contributed by atoms with Gasteiger partial charge in [-0.25, -0.2) is 0 Å². The SMILES string of the molecule is CC(c1ccccc1)N(C)Cc1noc(CN)n1. The summed E-state index contributed by atoms with van der Waals surface area (Å²) in [5.74, 6) is 1.14. The number of hydrogen-bond acceptors (Lipinski definition) is 5. The molecule has 1 aromatic carbocycles. The van der Waals surface area contributed by atoms with E-state index in [0.717, 1.165) is 0 Å². The maximum absolute atomic E-state index is 5.43. The van der Waals surface area contributed by atoms with Gasteiger partial charge in [-0.15, -0.1) is 0 Å². The first-order valence-electron chi connectivity index (χ1n) is 5.97. The molecule has 2 N–H and O–H groups in total. The fourth-order valence-corrected chi connectivity index (χ4v) is 1.78. The Morgan fingerprint density at radius 1 is 1.33 bits per heavy atom. The van der Waals surface area contributed by atoms with Crippen molar-refractivity contribution in [1.82, 2.24) is 15.0 Å². The molecule has 0 aliphatic rings. The number of aromatic nitrogens is 2. The Bertz CT molecular complexity index is 483. The lowest BCUT2D eigenvalue weighted by Crippen LogP contribution is -2.22. The third-order valence-electron chi connectivity index (χ3n) is 3.02. The van der Waals surface area contributed by atoms with Crippen LogP contribution >= 0.6 is 0 Å². The summed E-state index contributed by atoms with van der Waals surface area (Å²) in [7, 11) is 2.04. The standard InChI is InChI=1S/C13H18N4O/c1-10(11-6-4-3-5-7-11)17(2)9-12-15-13(8-14)18-16-12/h3-7,10H,8-9,14H2,1-2H3. The summed E-state index contributed by atoms with van der Waals surface area (Å²) in [6.45, 7) is 3.07. The molecule has 0 amide bonds. The molecule has 5 heteroatoms. The van der Waals surface area contributed by atoms with Crippen LogP contribution in [0, 0.1) is 0 Å². The second kappa shape index (κ2) is 5.75. The smallest absolute Gasteiger partial charge is 0.240 e. The van der Waals surface area contributed by atoms with E-state index in [9.17, 15) is 0 Å². The molecule has 2 rings (SSSR count). The summed E-state index contributed by atoms with van der Waals surface area (Å²) in [6.07, 6.45) is 0. The maximum atomic E-state index is 5.43. The van der Waals surface area contributed by atoms with Crippen molar-refractivity contribution >= 4 is 0 Å².